The third-order valence-electron chi connectivity index (χ3n) is 2.71. The zero-order valence-corrected chi connectivity index (χ0v) is 10.7. The van der Waals surface area contributed by atoms with E-state index in [9.17, 15) is 4.79 Å². The van der Waals surface area contributed by atoms with E-state index in [1.54, 1.807) is 6.21 Å². The molecule has 2 aromatic rings. The molecule has 3 heteroatoms. The molecular weight excluding hydrogens is 238 g/mol. The Balaban J connectivity index is 2.20. The summed E-state index contributed by atoms with van der Waals surface area (Å²) in [4.78, 5) is 15.8. The molecule has 0 unspecified atom stereocenters. The lowest BCUT2D eigenvalue weighted by Crippen LogP contribution is -2.04. The summed E-state index contributed by atoms with van der Waals surface area (Å²) in [5.74, 6) is -0.262. The zero-order chi connectivity index (χ0) is 13.5. The summed E-state index contributed by atoms with van der Waals surface area (Å²) in [7, 11) is 1.39. The number of carbonyl (C=O) groups is 1. The number of aliphatic imine (C=N–C) groups is 1. The van der Waals surface area contributed by atoms with Crippen LogP contribution in [-0.4, -0.2) is 19.3 Å². The number of hydrogen-bond donors (Lipinski definition) is 0. The van der Waals surface area contributed by atoms with Crippen molar-refractivity contribution in [2.24, 2.45) is 4.99 Å². The number of para-hydroxylation sites is 1. The molecule has 0 heterocycles. The van der Waals surface area contributed by atoms with Crippen LogP contribution in [0.4, 0.5) is 5.69 Å². The zero-order valence-electron chi connectivity index (χ0n) is 10.7. The monoisotopic (exact) mass is 253 g/mol. The first-order chi connectivity index (χ1) is 9.29. The van der Waals surface area contributed by atoms with E-state index < -0.39 is 0 Å². The van der Waals surface area contributed by atoms with E-state index >= 15 is 0 Å². The highest BCUT2D eigenvalue weighted by Crippen LogP contribution is 2.19. The molecule has 0 spiro atoms. The van der Waals surface area contributed by atoms with Crippen molar-refractivity contribution in [3.63, 3.8) is 0 Å². The molecule has 2 aromatic carbocycles. The fourth-order valence-corrected chi connectivity index (χ4v) is 1.70. The van der Waals surface area contributed by atoms with Gasteiger partial charge in [0, 0.05) is 6.21 Å². The quantitative estimate of drug-likeness (QED) is 0.620. The van der Waals surface area contributed by atoms with Crippen LogP contribution in [0.15, 0.2) is 59.6 Å². The number of hydrogen-bond acceptors (Lipinski definition) is 3. The molecule has 0 aliphatic heterocycles. The van der Waals surface area contributed by atoms with Crippen LogP contribution in [0, 0.1) is 0 Å². The lowest BCUT2D eigenvalue weighted by Gasteiger charge is -2.03. The topological polar surface area (TPSA) is 38.7 Å². The lowest BCUT2D eigenvalue weighted by atomic mass is 10.1. The van der Waals surface area contributed by atoms with Gasteiger partial charge in [-0.25, -0.2) is 0 Å². The second kappa shape index (κ2) is 6.50. The van der Waals surface area contributed by atoms with Crippen LogP contribution in [0.25, 0.3) is 0 Å². The van der Waals surface area contributed by atoms with Crippen LogP contribution in [0.5, 0.6) is 0 Å². The van der Waals surface area contributed by atoms with Crippen LogP contribution < -0.4 is 0 Å². The molecule has 0 aromatic heterocycles. The number of esters is 1. The minimum absolute atomic E-state index is 0.235. The first-order valence-electron chi connectivity index (χ1n) is 6.03. The Morgan fingerprint density at radius 3 is 2.53 bits per heavy atom. The number of nitrogens with zero attached hydrogens (tertiary/aromatic N) is 1. The molecular formula is C16H15NO2. The van der Waals surface area contributed by atoms with Gasteiger partial charge in [0.2, 0.25) is 0 Å². The maximum Gasteiger partial charge on any atom is 0.310 e. The van der Waals surface area contributed by atoms with E-state index in [0.717, 1.165) is 16.8 Å². The average molecular weight is 253 g/mol. The first kappa shape index (κ1) is 13.0. The Morgan fingerprint density at radius 1 is 1.11 bits per heavy atom. The molecule has 0 N–H and O–H groups in total. The molecule has 0 bridgehead atoms. The Labute approximate surface area is 112 Å². The van der Waals surface area contributed by atoms with E-state index in [1.165, 1.54) is 7.11 Å². The molecule has 0 radical (unpaired) electrons. The smallest absolute Gasteiger partial charge is 0.310 e. The predicted octanol–water partition coefficient (Wildman–Crippen LogP) is 3.15. The van der Waals surface area contributed by atoms with Crippen molar-refractivity contribution in [1.29, 1.82) is 0 Å². The van der Waals surface area contributed by atoms with Gasteiger partial charge < -0.3 is 4.74 Å². The third kappa shape index (κ3) is 3.78. The molecule has 0 saturated carbocycles. The lowest BCUT2D eigenvalue weighted by molar-refractivity contribution is -0.139. The minimum Gasteiger partial charge on any atom is -0.469 e. The van der Waals surface area contributed by atoms with Gasteiger partial charge in [-0.1, -0.05) is 48.5 Å². The average Bonchev–Trinajstić information content (AvgIpc) is 2.47. The highest BCUT2D eigenvalue weighted by Gasteiger charge is 2.06. The maximum atomic E-state index is 11.3. The van der Waals surface area contributed by atoms with E-state index in [1.807, 2.05) is 54.6 Å². The first-order valence-corrected chi connectivity index (χ1v) is 6.03. The number of ether oxygens (including phenoxy) is 1. The van der Waals surface area contributed by atoms with Crippen molar-refractivity contribution in [1.82, 2.24) is 0 Å². The molecule has 0 amide bonds. The molecule has 96 valence electrons. The van der Waals surface area contributed by atoms with Crippen LogP contribution >= 0.6 is 0 Å². The SMILES string of the molecule is COC(=O)Cc1ccccc1N=Cc1ccccc1. The maximum absolute atomic E-state index is 11.3. The normalized spacial score (nSPS) is 10.6. The van der Waals surface area contributed by atoms with Crippen LogP contribution in [0.1, 0.15) is 11.1 Å². The highest BCUT2D eigenvalue weighted by atomic mass is 16.5. The Kier molecular flexibility index (Phi) is 4.45. The van der Waals surface area contributed by atoms with Gasteiger partial charge in [0.1, 0.15) is 0 Å². The standard InChI is InChI=1S/C16H15NO2/c1-19-16(18)11-14-9-5-6-10-15(14)17-12-13-7-3-2-4-8-13/h2-10,12H,11H2,1H3. The van der Waals surface area contributed by atoms with Crippen LogP contribution in [-0.2, 0) is 16.0 Å². The molecule has 2 rings (SSSR count). The highest BCUT2D eigenvalue weighted by molar-refractivity contribution is 5.83. The van der Waals surface area contributed by atoms with E-state index in [4.69, 9.17) is 0 Å². The molecule has 19 heavy (non-hydrogen) atoms. The number of carbonyl (C=O) groups excluding carboxylic acids is 1. The van der Waals surface area contributed by atoms with Crippen LogP contribution in [0.2, 0.25) is 0 Å². The van der Waals surface area contributed by atoms with Gasteiger partial charge in [-0.15, -0.1) is 0 Å². The van der Waals surface area contributed by atoms with Crippen molar-refractivity contribution < 1.29 is 9.53 Å². The van der Waals surface area contributed by atoms with E-state index in [2.05, 4.69) is 9.73 Å². The third-order valence-corrected chi connectivity index (χ3v) is 2.71. The van der Waals surface area contributed by atoms with Crippen molar-refractivity contribution in [3.8, 4) is 0 Å². The second-order valence-electron chi connectivity index (χ2n) is 4.05. The molecule has 0 fully saturated rings. The Morgan fingerprint density at radius 2 is 1.79 bits per heavy atom. The van der Waals surface area contributed by atoms with Crippen molar-refractivity contribution in [3.05, 3.63) is 65.7 Å². The van der Waals surface area contributed by atoms with Gasteiger partial charge in [-0.2, -0.15) is 0 Å². The van der Waals surface area contributed by atoms with Gasteiger partial charge in [-0.05, 0) is 17.2 Å². The number of benzene rings is 2. The number of methoxy groups -OCH3 is 1. The van der Waals surface area contributed by atoms with Gasteiger partial charge in [0.15, 0.2) is 0 Å². The predicted molar refractivity (Wildman–Crippen MR) is 75.9 cm³/mol. The summed E-state index contributed by atoms with van der Waals surface area (Å²) >= 11 is 0. The van der Waals surface area contributed by atoms with Gasteiger partial charge in [-0.3, -0.25) is 9.79 Å². The van der Waals surface area contributed by atoms with Gasteiger partial charge in [0.25, 0.3) is 0 Å². The van der Waals surface area contributed by atoms with Gasteiger partial charge >= 0.3 is 5.97 Å². The summed E-state index contributed by atoms with van der Waals surface area (Å²) in [6, 6.07) is 17.4. The summed E-state index contributed by atoms with van der Waals surface area (Å²) in [6.45, 7) is 0. The summed E-state index contributed by atoms with van der Waals surface area (Å²) in [5, 5.41) is 0. The Hall–Kier alpha value is -2.42. The Bertz CT molecular complexity index is 576. The fourth-order valence-electron chi connectivity index (χ4n) is 1.70. The summed E-state index contributed by atoms with van der Waals surface area (Å²) < 4.78 is 4.68. The van der Waals surface area contributed by atoms with Crippen molar-refractivity contribution >= 4 is 17.9 Å². The van der Waals surface area contributed by atoms with Crippen molar-refractivity contribution in [2.75, 3.05) is 7.11 Å². The fraction of sp³-hybridized carbons (Fsp3) is 0.125. The van der Waals surface area contributed by atoms with E-state index in [-0.39, 0.29) is 12.4 Å². The van der Waals surface area contributed by atoms with Crippen LogP contribution in [0.3, 0.4) is 0 Å². The summed E-state index contributed by atoms with van der Waals surface area (Å²) in [6.07, 6.45) is 2.02. The number of rotatable bonds is 4. The largest absolute Gasteiger partial charge is 0.469 e. The second-order valence-corrected chi connectivity index (χ2v) is 4.05. The molecule has 0 saturated heterocycles. The molecule has 3 nitrogen and oxygen atoms in total. The van der Waals surface area contributed by atoms with Crippen molar-refractivity contribution in [2.45, 2.75) is 6.42 Å². The molecule has 0 aliphatic carbocycles. The molecule has 0 aliphatic rings. The summed E-state index contributed by atoms with van der Waals surface area (Å²) in [5.41, 5.74) is 2.67. The minimum atomic E-state index is -0.262. The molecule has 0 atom stereocenters. The van der Waals surface area contributed by atoms with Gasteiger partial charge in [0.05, 0.1) is 19.2 Å². The van der Waals surface area contributed by atoms with E-state index in [0.29, 0.717) is 0 Å².